The molecule has 132 valence electrons. The van der Waals surface area contributed by atoms with Crippen LogP contribution in [0.5, 0.6) is 0 Å². The molecule has 7 heteroatoms. The van der Waals surface area contributed by atoms with E-state index in [9.17, 15) is 14.4 Å². The zero-order valence-corrected chi connectivity index (χ0v) is 14.6. The highest BCUT2D eigenvalue weighted by Crippen LogP contribution is 2.14. The maximum Gasteiger partial charge on any atom is 0.357 e. The molecule has 1 atom stereocenters. The standard InChI is InChI=1S/C17H23NO6/c1-6-23-15(19)12-7-8-13(18-11(12)4)16(20)24-14(9-10(2)3)17(21)22-5/h7-8,10,14H,6,9H2,1-5H3. The van der Waals surface area contributed by atoms with E-state index in [0.29, 0.717) is 12.1 Å². The Morgan fingerprint density at radius 1 is 1.17 bits per heavy atom. The quantitative estimate of drug-likeness (QED) is 0.557. The largest absolute Gasteiger partial charge is 0.466 e. The van der Waals surface area contributed by atoms with Crippen molar-refractivity contribution in [2.75, 3.05) is 13.7 Å². The van der Waals surface area contributed by atoms with Crippen LogP contribution in [0.2, 0.25) is 0 Å². The first-order valence-electron chi connectivity index (χ1n) is 7.73. The maximum absolute atomic E-state index is 12.2. The van der Waals surface area contributed by atoms with Crippen LogP contribution in [0.15, 0.2) is 12.1 Å². The number of hydrogen-bond acceptors (Lipinski definition) is 7. The number of hydrogen-bond donors (Lipinski definition) is 0. The minimum absolute atomic E-state index is 0.0122. The Hall–Kier alpha value is -2.44. The number of rotatable bonds is 7. The van der Waals surface area contributed by atoms with Gasteiger partial charge in [0.05, 0.1) is 25.0 Å². The van der Waals surface area contributed by atoms with Gasteiger partial charge >= 0.3 is 17.9 Å². The molecule has 1 aromatic rings. The van der Waals surface area contributed by atoms with Crippen molar-refractivity contribution in [3.8, 4) is 0 Å². The normalized spacial score (nSPS) is 11.8. The number of nitrogens with zero attached hydrogens (tertiary/aromatic N) is 1. The van der Waals surface area contributed by atoms with E-state index in [1.807, 2.05) is 13.8 Å². The van der Waals surface area contributed by atoms with Crippen molar-refractivity contribution in [3.63, 3.8) is 0 Å². The number of ether oxygens (including phenoxy) is 3. The van der Waals surface area contributed by atoms with E-state index < -0.39 is 24.0 Å². The van der Waals surface area contributed by atoms with E-state index in [0.717, 1.165) is 0 Å². The van der Waals surface area contributed by atoms with E-state index in [-0.39, 0.29) is 23.8 Å². The summed E-state index contributed by atoms with van der Waals surface area (Å²) in [6.07, 6.45) is -0.646. The zero-order valence-electron chi connectivity index (χ0n) is 14.6. The van der Waals surface area contributed by atoms with Crippen LogP contribution in [-0.2, 0) is 19.0 Å². The summed E-state index contributed by atoms with van der Waals surface area (Å²) in [7, 11) is 1.24. The van der Waals surface area contributed by atoms with Gasteiger partial charge in [0.25, 0.3) is 0 Å². The van der Waals surface area contributed by atoms with Gasteiger partial charge in [-0.1, -0.05) is 13.8 Å². The van der Waals surface area contributed by atoms with E-state index in [2.05, 4.69) is 9.72 Å². The highest BCUT2D eigenvalue weighted by atomic mass is 16.6. The Bertz CT molecular complexity index is 611. The third-order valence-corrected chi connectivity index (χ3v) is 3.19. The topological polar surface area (TPSA) is 91.8 Å². The van der Waals surface area contributed by atoms with Gasteiger partial charge in [-0.2, -0.15) is 0 Å². The molecule has 0 aromatic carbocycles. The average molecular weight is 337 g/mol. The fraction of sp³-hybridized carbons (Fsp3) is 0.529. The highest BCUT2D eigenvalue weighted by molar-refractivity contribution is 5.93. The summed E-state index contributed by atoms with van der Waals surface area (Å²) in [5, 5.41) is 0. The average Bonchev–Trinajstić information content (AvgIpc) is 2.52. The Kier molecular flexibility index (Phi) is 7.35. The lowest BCUT2D eigenvalue weighted by atomic mass is 10.1. The smallest absolute Gasteiger partial charge is 0.357 e. The van der Waals surface area contributed by atoms with Crippen LogP contribution in [0.3, 0.4) is 0 Å². The fourth-order valence-electron chi connectivity index (χ4n) is 2.04. The first-order valence-corrected chi connectivity index (χ1v) is 7.73. The first kappa shape index (κ1) is 19.6. The molecule has 0 N–H and O–H groups in total. The Labute approximate surface area is 141 Å². The predicted molar refractivity (Wildman–Crippen MR) is 85.6 cm³/mol. The number of aromatic nitrogens is 1. The van der Waals surface area contributed by atoms with Crippen molar-refractivity contribution in [1.29, 1.82) is 0 Å². The molecule has 7 nitrogen and oxygen atoms in total. The van der Waals surface area contributed by atoms with Crippen molar-refractivity contribution in [3.05, 3.63) is 29.1 Å². The van der Waals surface area contributed by atoms with Crippen LogP contribution in [0.1, 0.15) is 53.7 Å². The minimum atomic E-state index is -0.991. The lowest BCUT2D eigenvalue weighted by Gasteiger charge is -2.17. The second-order valence-corrected chi connectivity index (χ2v) is 5.60. The van der Waals surface area contributed by atoms with Crippen LogP contribution in [-0.4, -0.2) is 42.7 Å². The van der Waals surface area contributed by atoms with Gasteiger partial charge in [0.15, 0.2) is 6.10 Å². The van der Waals surface area contributed by atoms with Crippen molar-refractivity contribution in [2.24, 2.45) is 5.92 Å². The van der Waals surface area contributed by atoms with Crippen molar-refractivity contribution in [1.82, 2.24) is 4.98 Å². The Morgan fingerprint density at radius 2 is 1.83 bits per heavy atom. The van der Waals surface area contributed by atoms with Gasteiger partial charge < -0.3 is 14.2 Å². The van der Waals surface area contributed by atoms with E-state index >= 15 is 0 Å². The molecule has 24 heavy (non-hydrogen) atoms. The summed E-state index contributed by atoms with van der Waals surface area (Å²) in [5.74, 6) is -1.72. The Morgan fingerprint density at radius 3 is 2.33 bits per heavy atom. The van der Waals surface area contributed by atoms with Crippen molar-refractivity contribution >= 4 is 17.9 Å². The molecule has 0 fully saturated rings. The molecule has 0 bridgehead atoms. The third kappa shape index (κ3) is 5.33. The second kappa shape index (κ2) is 9.00. The van der Waals surface area contributed by atoms with Gasteiger partial charge in [-0.15, -0.1) is 0 Å². The Balaban J connectivity index is 2.92. The fourth-order valence-corrected chi connectivity index (χ4v) is 2.04. The molecule has 1 aromatic heterocycles. The van der Waals surface area contributed by atoms with E-state index in [1.54, 1.807) is 13.8 Å². The lowest BCUT2D eigenvalue weighted by molar-refractivity contribution is -0.151. The van der Waals surface area contributed by atoms with Crippen molar-refractivity contribution < 1.29 is 28.6 Å². The molecule has 0 amide bonds. The third-order valence-electron chi connectivity index (χ3n) is 3.19. The summed E-state index contributed by atoms with van der Waals surface area (Å²) in [6.45, 7) is 7.35. The number of methoxy groups -OCH3 is 1. The van der Waals surface area contributed by atoms with Gasteiger partial charge in [0.1, 0.15) is 5.69 Å². The van der Waals surface area contributed by atoms with E-state index in [1.165, 1.54) is 19.2 Å². The van der Waals surface area contributed by atoms with Gasteiger partial charge in [-0.25, -0.2) is 19.4 Å². The van der Waals surface area contributed by atoms with Gasteiger partial charge in [-0.3, -0.25) is 0 Å². The van der Waals surface area contributed by atoms with E-state index in [4.69, 9.17) is 9.47 Å². The SMILES string of the molecule is CCOC(=O)c1ccc(C(=O)OC(CC(C)C)C(=O)OC)nc1C. The molecule has 0 aliphatic heterocycles. The maximum atomic E-state index is 12.2. The second-order valence-electron chi connectivity index (χ2n) is 5.60. The summed E-state index contributed by atoms with van der Waals surface area (Å²) in [6, 6.07) is 2.82. The number of esters is 3. The zero-order chi connectivity index (χ0) is 18.3. The van der Waals surface area contributed by atoms with Gasteiger partial charge in [0, 0.05) is 0 Å². The summed E-state index contributed by atoms with van der Waals surface area (Å²) in [5.41, 5.74) is 0.639. The summed E-state index contributed by atoms with van der Waals surface area (Å²) >= 11 is 0. The number of pyridine rings is 1. The number of aryl methyl sites for hydroxylation is 1. The monoisotopic (exact) mass is 337 g/mol. The molecule has 1 rings (SSSR count). The molecule has 0 aliphatic rings. The molecule has 0 saturated heterocycles. The highest BCUT2D eigenvalue weighted by Gasteiger charge is 2.26. The number of carbonyl (C=O) groups is 3. The van der Waals surface area contributed by atoms with Crippen LogP contribution in [0, 0.1) is 12.8 Å². The van der Waals surface area contributed by atoms with Crippen LogP contribution < -0.4 is 0 Å². The van der Waals surface area contributed by atoms with Crippen LogP contribution in [0.25, 0.3) is 0 Å². The predicted octanol–water partition coefficient (Wildman–Crippen LogP) is 2.31. The molecule has 1 unspecified atom stereocenters. The summed E-state index contributed by atoms with van der Waals surface area (Å²) < 4.78 is 14.8. The van der Waals surface area contributed by atoms with Gasteiger partial charge in [0.2, 0.25) is 0 Å². The van der Waals surface area contributed by atoms with Crippen LogP contribution >= 0.6 is 0 Å². The molecular weight excluding hydrogens is 314 g/mol. The summed E-state index contributed by atoms with van der Waals surface area (Å²) in [4.78, 5) is 39.7. The minimum Gasteiger partial charge on any atom is -0.466 e. The lowest BCUT2D eigenvalue weighted by Crippen LogP contribution is -2.30. The molecule has 0 radical (unpaired) electrons. The molecule has 0 spiro atoms. The van der Waals surface area contributed by atoms with Crippen LogP contribution in [0.4, 0.5) is 0 Å². The molecular formula is C17H23NO6. The van der Waals surface area contributed by atoms with Gasteiger partial charge in [-0.05, 0) is 38.3 Å². The number of carbonyl (C=O) groups excluding carboxylic acids is 3. The first-order chi connectivity index (χ1) is 11.3. The van der Waals surface area contributed by atoms with Crippen molar-refractivity contribution in [2.45, 2.75) is 40.2 Å². The molecule has 0 aliphatic carbocycles. The molecule has 1 heterocycles. The molecule has 0 saturated carbocycles.